The van der Waals surface area contributed by atoms with Gasteiger partial charge in [-0.1, -0.05) is 18.2 Å². The van der Waals surface area contributed by atoms with E-state index in [4.69, 9.17) is 4.74 Å². The molecule has 2 aromatic carbocycles. The lowest BCUT2D eigenvalue weighted by atomic mass is 10.2. The molecule has 0 aliphatic rings. The molecule has 0 bridgehead atoms. The van der Waals surface area contributed by atoms with Crippen molar-refractivity contribution in [3.63, 3.8) is 0 Å². The molecule has 5 heteroatoms. The van der Waals surface area contributed by atoms with Gasteiger partial charge in [0.15, 0.2) is 0 Å². The second-order valence-electron chi connectivity index (χ2n) is 4.56. The van der Waals surface area contributed by atoms with E-state index >= 15 is 0 Å². The molecule has 0 aliphatic carbocycles. The van der Waals surface area contributed by atoms with Gasteiger partial charge in [0.1, 0.15) is 5.75 Å². The molecule has 110 valence electrons. The minimum Gasteiger partial charge on any atom is -0.497 e. The van der Waals surface area contributed by atoms with Crippen LogP contribution < -0.4 is 15.4 Å². The highest BCUT2D eigenvalue weighted by molar-refractivity contribution is 9.10. The number of rotatable bonds is 5. The number of para-hydroxylation sites is 1. The highest BCUT2D eigenvalue weighted by Gasteiger charge is 2.06. The van der Waals surface area contributed by atoms with E-state index < -0.39 is 0 Å². The Morgan fingerprint density at radius 3 is 2.67 bits per heavy atom. The number of hydrogen-bond donors (Lipinski definition) is 2. The molecule has 0 fully saturated rings. The van der Waals surface area contributed by atoms with Gasteiger partial charge in [-0.15, -0.1) is 0 Å². The molecule has 4 nitrogen and oxygen atoms in total. The Bertz CT molecular complexity index is 644. The number of aryl methyl sites for hydroxylation is 1. The lowest BCUT2D eigenvalue weighted by Crippen LogP contribution is -2.22. The molecule has 0 radical (unpaired) electrons. The summed E-state index contributed by atoms with van der Waals surface area (Å²) in [7, 11) is 1.61. The molecule has 2 aromatic rings. The Balaban J connectivity index is 1.97. The maximum absolute atomic E-state index is 12.0. The highest BCUT2D eigenvalue weighted by atomic mass is 79.9. The number of methoxy groups -OCH3 is 1. The summed E-state index contributed by atoms with van der Waals surface area (Å²) >= 11 is 3.44. The quantitative estimate of drug-likeness (QED) is 0.863. The molecule has 0 unspecified atom stereocenters. The minimum absolute atomic E-state index is 0.0981. The third-order valence-corrected chi connectivity index (χ3v) is 3.72. The number of carbonyl (C=O) groups excluding carboxylic acids is 1. The van der Waals surface area contributed by atoms with Crippen LogP contribution in [0.25, 0.3) is 0 Å². The van der Waals surface area contributed by atoms with Crippen molar-refractivity contribution in [2.75, 3.05) is 24.3 Å². The Hall–Kier alpha value is -2.01. The van der Waals surface area contributed by atoms with Gasteiger partial charge in [-0.3, -0.25) is 4.79 Å². The predicted octanol–water partition coefficient (Wildman–Crippen LogP) is 3.82. The topological polar surface area (TPSA) is 50.4 Å². The van der Waals surface area contributed by atoms with Crippen LogP contribution in [0.15, 0.2) is 46.9 Å². The molecule has 0 spiro atoms. The van der Waals surface area contributed by atoms with Gasteiger partial charge in [-0.05, 0) is 46.6 Å². The van der Waals surface area contributed by atoms with Crippen molar-refractivity contribution in [2.24, 2.45) is 0 Å². The molecule has 2 rings (SSSR count). The van der Waals surface area contributed by atoms with E-state index in [-0.39, 0.29) is 12.5 Å². The molecular formula is C16H17BrN2O2. The standard InChI is InChI=1S/C16H17BrN2O2/c1-11-5-3-4-6-14(11)19-16(20)10-18-15-9-12(21-2)7-8-13(15)17/h3-9,18H,10H2,1-2H3,(H,19,20). The van der Waals surface area contributed by atoms with Crippen molar-refractivity contribution < 1.29 is 9.53 Å². The van der Waals surface area contributed by atoms with Gasteiger partial charge >= 0.3 is 0 Å². The van der Waals surface area contributed by atoms with E-state index in [0.717, 1.165) is 27.2 Å². The Kier molecular flexibility index (Phi) is 5.22. The van der Waals surface area contributed by atoms with Crippen molar-refractivity contribution >= 4 is 33.2 Å². The minimum atomic E-state index is -0.0981. The molecule has 0 heterocycles. The molecular weight excluding hydrogens is 332 g/mol. The van der Waals surface area contributed by atoms with E-state index in [1.807, 2.05) is 49.4 Å². The van der Waals surface area contributed by atoms with E-state index in [0.29, 0.717) is 0 Å². The normalized spacial score (nSPS) is 10.0. The summed E-state index contributed by atoms with van der Waals surface area (Å²) in [5.74, 6) is 0.638. The Morgan fingerprint density at radius 2 is 1.95 bits per heavy atom. The summed E-state index contributed by atoms with van der Waals surface area (Å²) < 4.78 is 6.05. The summed E-state index contributed by atoms with van der Waals surface area (Å²) in [6.07, 6.45) is 0. The number of carbonyl (C=O) groups is 1. The number of anilines is 2. The SMILES string of the molecule is COc1ccc(Br)c(NCC(=O)Nc2ccccc2C)c1. The first kappa shape index (κ1) is 15.4. The second-order valence-corrected chi connectivity index (χ2v) is 5.42. The number of ether oxygens (including phenoxy) is 1. The monoisotopic (exact) mass is 348 g/mol. The van der Waals surface area contributed by atoms with Crippen LogP contribution in [0.4, 0.5) is 11.4 Å². The predicted molar refractivity (Wildman–Crippen MR) is 89.0 cm³/mol. The van der Waals surface area contributed by atoms with E-state index in [1.165, 1.54) is 0 Å². The summed E-state index contributed by atoms with van der Waals surface area (Å²) in [6, 6.07) is 13.2. The second kappa shape index (κ2) is 7.13. The van der Waals surface area contributed by atoms with Crippen LogP contribution in [-0.2, 0) is 4.79 Å². The van der Waals surface area contributed by atoms with Gasteiger partial charge in [-0.2, -0.15) is 0 Å². The maximum atomic E-state index is 12.0. The van der Waals surface area contributed by atoms with Crippen LogP contribution in [0, 0.1) is 6.92 Å². The van der Waals surface area contributed by atoms with Crippen LogP contribution in [0.2, 0.25) is 0 Å². The van der Waals surface area contributed by atoms with Crippen LogP contribution in [0.1, 0.15) is 5.56 Å². The number of amides is 1. The molecule has 2 N–H and O–H groups in total. The molecule has 0 atom stereocenters. The van der Waals surface area contributed by atoms with Gasteiger partial charge in [0.05, 0.1) is 19.3 Å². The molecule has 1 amide bonds. The van der Waals surface area contributed by atoms with Crippen molar-refractivity contribution in [2.45, 2.75) is 6.92 Å². The third kappa shape index (κ3) is 4.23. The van der Waals surface area contributed by atoms with Crippen molar-refractivity contribution in [3.8, 4) is 5.75 Å². The van der Waals surface area contributed by atoms with Gasteiger partial charge in [0.25, 0.3) is 0 Å². The van der Waals surface area contributed by atoms with E-state index in [2.05, 4.69) is 26.6 Å². The lowest BCUT2D eigenvalue weighted by molar-refractivity contribution is -0.114. The van der Waals surface area contributed by atoms with Crippen LogP contribution in [0.3, 0.4) is 0 Å². The first-order chi connectivity index (χ1) is 10.1. The fourth-order valence-corrected chi connectivity index (χ4v) is 2.24. The van der Waals surface area contributed by atoms with Gasteiger partial charge in [-0.25, -0.2) is 0 Å². The zero-order valence-corrected chi connectivity index (χ0v) is 13.5. The van der Waals surface area contributed by atoms with Crippen molar-refractivity contribution in [1.29, 1.82) is 0 Å². The highest BCUT2D eigenvalue weighted by Crippen LogP contribution is 2.26. The summed E-state index contributed by atoms with van der Waals surface area (Å²) in [5.41, 5.74) is 2.68. The molecule has 0 saturated carbocycles. The fourth-order valence-electron chi connectivity index (χ4n) is 1.85. The Labute approximate surface area is 132 Å². The average molecular weight is 349 g/mol. The number of hydrogen-bond acceptors (Lipinski definition) is 3. The van der Waals surface area contributed by atoms with Gasteiger partial charge < -0.3 is 15.4 Å². The van der Waals surface area contributed by atoms with Gasteiger partial charge in [0.2, 0.25) is 5.91 Å². The smallest absolute Gasteiger partial charge is 0.243 e. The van der Waals surface area contributed by atoms with Crippen molar-refractivity contribution in [3.05, 3.63) is 52.5 Å². The van der Waals surface area contributed by atoms with Crippen molar-refractivity contribution in [1.82, 2.24) is 0 Å². The summed E-state index contributed by atoms with van der Waals surface area (Å²) in [5, 5.41) is 5.97. The Morgan fingerprint density at radius 1 is 1.19 bits per heavy atom. The number of halogens is 1. The largest absolute Gasteiger partial charge is 0.497 e. The molecule has 21 heavy (non-hydrogen) atoms. The zero-order valence-electron chi connectivity index (χ0n) is 11.9. The molecule has 0 saturated heterocycles. The van der Waals surface area contributed by atoms with Crippen LogP contribution in [-0.4, -0.2) is 19.6 Å². The first-order valence-corrected chi connectivity index (χ1v) is 7.32. The van der Waals surface area contributed by atoms with Crippen LogP contribution in [0.5, 0.6) is 5.75 Å². The molecule has 0 aromatic heterocycles. The number of nitrogens with one attached hydrogen (secondary N) is 2. The molecule has 0 aliphatic heterocycles. The fraction of sp³-hybridized carbons (Fsp3) is 0.188. The zero-order chi connectivity index (χ0) is 15.2. The first-order valence-electron chi connectivity index (χ1n) is 6.53. The third-order valence-electron chi connectivity index (χ3n) is 3.03. The summed E-state index contributed by atoms with van der Waals surface area (Å²) in [6.45, 7) is 2.14. The van der Waals surface area contributed by atoms with Crippen LogP contribution >= 0.6 is 15.9 Å². The summed E-state index contributed by atoms with van der Waals surface area (Å²) in [4.78, 5) is 12.0. The average Bonchev–Trinajstić information content (AvgIpc) is 2.49. The van der Waals surface area contributed by atoms with Gasteiger partial charge in [0, 0.05) is 16.2 Å². The maximum Gasteiger partial charge on any atom is 0.243 e. The van der Waals surface area contributed by atoms with E-state index in [9.17, 15) is 4.79 Å². The number of benzene rings is 2. The lowest BCUT2D eigenvalue weighted by Gasteiger charge is -2.11. The van der Waals surface area contributed by atoms with E-state index in [1.54, 1.807) is 7.11 Å².